The number of carboxylic acids is 1. The van der Waals surface area contributed by atoms with Crippen LogP contribution in [0.1, 0.15) is 119 Å². The van der Waals surface area contributed by atoms with Crippen molar-refractivity contribution in [1.82, 2.24) is 35.0 Å². The Balaban J connectivity index is 1.53. The molecule has 1 aromatic heterocycles. The van der Waals surface area contributed by atoms with E-state index in [1.807, 2.05) is 72.8 Å². The summed E-state index contributed by atoms with van der Waals surface area (Å²) in [5, 5.41) is 15.6. The molecule has 0 spiro atoms. The molecule has 4 amide bonds. The van der Waals surface area contributed by atoms with Gasteiger partial charge in [0.2, 0.25) is 23.6 Å². The summed E-state index contributed by atoms with van der Waals surface area (Å²) in [4.78, 5) is 99.4. The molecule has 430 valence electrons. The Bertz CT molecular complexity index is 2170. The zero-order valence-electron chi connectivity index (χ0n) is 48.4. The lowest BCUT2D eigenvalue weighted by Crippen LogP contribution is -2.54. The number of para-hydroxylation sites is 1. The lowest BCUT2D eigenvalue weighted by Gasteiger charge is -2.41. The second kappa shape index (κ2) is 32.8. The average molecular weight is 1070 g/mol. The van der Waals surface area contributed by atoms with E-state index < -0.39 is 54.1 Å². The molecule has 1 fully saturated rings. The van der Waals surface area contributed by atoms with Crippen molar-refractivity contribution in [2.45, 2.75) is 157 Å². The highest BCUT2D eigenvalue weighted by molar-refractivity contribution is 5.93. The molecule has 3 N–H and O–H groups in total. The number of carbonyl (C=O) groups excluding carboxylic acids is 6. The van der Waals surface area contributed by atoms with Crippen molar-refractivity contribution in [2.24, 2.45) is 35.5 Å². The maximum atomic E-state index is 14.7. The number of carboxylic acid groups (broad SMARTS) is 1. The van der Waals surface area contributed by atoms with Gasteiger partial charge in [0.15, 0.2) is 5.78 Å². The molecule has 19 heteroatoms. The molecule has 0 aliphatic carbocycles. The van der Waals surface area contributed by atoms with E-state index in [0.717, 1.165) is 16.6 Å². The number of methoxy groups -OCH3 is 2. The third kappa shape index (κ3) is 18.7. The highest BCUT2D eigenvalue weighted by Crippen LogP contribution is 2.32. The highest BCUT2D eigenvalue weighted by atomic mass is 16.5. The molecule has 1 aromatic carbocycles. The third-order valence-electron chi connectivity index (χ3n) is 15.6. The van der Waals surface area contributed by atoms with Crippen LogP contribution in [-0.4, -0.2) is 183 Å². The molecule has 0 radical (unpaired) electrons. The molecule has 1 saturated heterocycles. The van der Waals surface area contributed by atoms with Gasteiger partial charge in [-0.15, -0.1) is 0 Å². The molecule has 1 aliphatic rings. The quantitative estimate of drug-likeness (QED) is 0.0535. The van der Waals surface area contributed by atoms with Crippen LogP contribution < -0.4 is 10.7 Å². The number of Topliss-reactive ketones (excluding diaryl/α,β-unsaturated/α-hetero) is 2. The minimum atomic E-state index is -1.02. The van der Waals surface area contributed by atoms with Crippen LogP contribution in [0.15, 0.2) is 30.3 Å². The first-order valence-corrected chi connectivity index (χ1v) is 27.6. The number of aryl methyl sites for hydroxylation is 1. The van der Waals surface area contributed by atoms with Gasteiger partial charge in [0.25, 0.3) is 0 Å². The van der Waals surface area contributed by atoms with Gasteiger partial charge in [0.05, 0.1) is 82.1 Å². The topological polar surface area (TPSA) is 219 Å². The van der Waals surface area contributed by atoms with E-state index in [2.05, 4.69) is 33.5 Å². The third-order valence-corrected chi connectivity index (χ3v) is 15.6. The van der Waals surface area contributed by atoms with Crippen molar-refractivity contribution in [3.63, 3.8) is 0 Å². The standard InChI is InChI=1S/C57H95N7O12/c1-15-39(7)54(49(73-13)35-52(69)64-26-19-22-46(64)55(74-14)40(8)47(65)33-41(16-2)57(71)72)62(12)56(70)44(37(3)4)34-48(66)53(38(5)6)61(11)51(68)24-28-75-30-31-76-29-25-59-50(67)23-27-63-43(36-60(10)58-9)32-42-20-17-18-21-45(42)63/h17-18,20-21,32,37-41,44,46,49,53-55,58H,15-16,19,22-31,33-36H2,1-14H3,(H,59,67)(H,71,72)/t39-,40-,41+,44?,46-,49+,53-,54-,55+/m0/s1. The Morgan fingerprint density at radius 2 is 1.47 bits per heavy atom. The van der Waals surface area contributed by atoms with Crippen molar-refractivity contribution in [3.8, 4) is 0 Å². The largest absolute Gasteiger partial charge is 0.481 e. The number of benzene rings is 1. The number of hydrogen-bond donors (Lipinski definition) is 3. The number of ether oxygens (including phenoxy) is 4. The van der Waals surface area contributed by atoms with E-state index in [1.54, 1.807) is 37.7 Å². The van der Waals surface area contributed by atoms with E-state index in [0.29, 0.717) is 64.9 Å². The number of hydrogen-bond acceptors (Lipinski definition) is 13. The zero-order valence-corrected chi connectivity index (χ0v) is 48.4. The first kappa shape index (κ1) is 65.5. The molecular weight excluding hydrogens is 975 g/mol. The monoisotopic (exact) mass is 1070 g/mol. The first-order valence-electron chi connectivity index (χ1n) is 27.6. The van der Waals surface area contributed by atoms with Gasteiger partial charge >= 0.3 is 5.97 Å². The molecule has 2 aromatic rings. The molecule has 1 unspecified atom stereocenters. The van der Waals surface area contributed by atoms with Crippen LogP contribution in [0, 0.1) is 35.5 Å². The number of hydrazine groups is 1. The van der Waals surface area contributed by atoms with Gasteiger partial charge in [-0.3, -0.25) is 39.0 Å². The number of likely N-dealkylation sites (N-methyl/N-ethyl adjacent to an activating group) is 2. The number of fused-ring (bicyclic) bond motifs is 1. The maximum Gasteiger partial charge on any atom is 0.306 e. The Kier molecular flexibility index (Phi) is 28.3. The molecule has 19 nitrogen and oxygen atoms in total. The van der Waals surface area contributed by atoms with Gasteiger partial charge in [0.1, 0.15) is 5.78 Å². The molecular formula is C57H95N7O12. The summed E-state index contributed by atoms with van der Waals surface area (Å²) in [6, 6.07) is 8.58. The van der Waals surface area contributed by atoms with Crippen LogP contribution in [0.5, 0.6) is 0 Å². The van der Waals surface area contributed by atoms with Crippen molar-refractivity contribution in [3.05, 3.63) is 36.0 Å². The van der Waals surface area contributed by atoms with Crippen molar-refractivity contribution < 1.29 is 57.6 Å². The maximum absolute atomic E-state index is 14.7. The number of likely N-dealkylation sites (tertiary alicyclic amines) is 1. The SMILES string of the molecule is CC[C@H](CC(=O)[C@H](C)[C@@H](OC)[C@@H]1CCCN1C(=O)C[C@@H](OC)[C@H]([C@@H](C)CC)N(C)C(=O)C(CC(=O)[C@H](C(C)C)N(C)C(=O)CCOCCOCCNC(=O)CCn1c(CN(C)NC)cc2ccccc21)C(C)C)C(=O)O. The number of ketones is 2. The average Bonchev–Trinajstić information content (AvgIpc) is 4.02. The van der Waals surface area contributed by atoms with Crippen LogP contribution in [-0.2, 0) is 65.6 Å². The fourth-order valence-electron chi connectivity index (χ4n) is 10.8. The smallest absolute Gasteiger partial charge is 0.306 e. The summed E-state index contributed by atoms with van der Waals surface area (Å²) >= 11 is 0. The summed E-state index contributed by atoms with van der Waals surface area (Å²) in [6.45, 7) is 18.1. The van der Waals surface area contributed by atoms with Crippen molar-refractivity contribution in [1.29, 1.82) is 0 Å². The summed E-state index contributed by atoms with van der Waals surface area (Å²) in [7, 11) is 10.2. The Morgan fingerprint density at radius 1 is 0.803 bits per heavy atom. The van der Waals surface area contributed by atoms with E-state index in [9.17, 15) is 38.7 Å². The van der Waals surface area contributed by atoms with Crippen molar-refractivity contribution >= 4 is 52.1 Å². The lowest BCUT2D eigenvalue weighted by molar-refractivity contribution is -0.150. The van der Waals surface area contributed by atoms with Crippen LogP contribution in [0.2, 0.25) is 0 Å². The Hall–Kier alpha value is -4.79. The Labute approximate surface area is 453 Å². The summed E-state index contributed by atoms with van der Waals surface area (Å²) < 4.78 is 25.5. The number of amides is 4. The summed E-state index contributed by atoms with van der Waals surface area (Å²) in [5.74, 6) is -4.95. The van der Waals surface area contributed by atoms with E-state index in [-0.39, 0.29) is 98.5 Å². The van der Waals surface area contributed by atoms with Gasteiger partial charge in [0, 0.05) is 97.3 Å². The van der Waals surface area contributed by atoms with E-state index in [4.69, 9.17) is 18.9 Å². The van der Waals surface area contributed by atoms with Gasteiger partial charge in [-0.25, -0.2) is 5.01 Å². The lowest BCUT2D eigenvalue weighted by atomic mass is 9.83. The van der Waals surface area contributed by atoms with Crippen LogP contribution in [0.25, 0.3) is 10.9 Å². The minimum Gasteiger partial charge on any atom is -0.481 e. The number of nitrogens with one attached hydrogen (secondary N) is 2. The van der Waals surface area contributed by atoms with Gasteiger partial charge in [-0.05, 0) is 61.6 Å². The fourth-order valence-corrected chi connectivity index (χ4v) is 10.8. The van der Waals surface area contributed by atoms with E-state index >= 15 is 0 Å². The predicted octanol–water partition coefficient (Wildman–Crippen LogP) is 5.84. The number of aromatic nitrogens is 1. The van der Waals surface area contributed by atoms with Crippen LogP contribution >= 0.6 is 0 Å². The first-order chi connectivity index (χ1) is 36.1. The molecule has 9 atom stereocenters. The van der Waals surface area contributed by atoms with Gasteiger partial charge < -0.3 is 48.6 Å². The molecule has 0 bridgehead atoms. The second-order valence-electron chi connectivity index (χ2n) is 21.4. The summed E-state index contributed by atoms with van der Waals surface area (Å²) in [6.07, 6.45) is 1.13. The number of nitrogens with zero attached hydrogens (tertiary/aromatic N) is 5. The molecule has 0 saturated carbocycles. The molecule has 76 heavy (non-hydrogen) atoms. The normalized spacial score (nSPS) is 17.1. The van der Waals surface area contributed by atoms with Crippen LogP contribution in [0.3, 0.4) is 0 Å². The highest BCUT2D eigenvalue weighted by Gasteiger charge is 2.44. The molecule has 3 rings (SSSR count). The van der Waals surface area contributed by atoms with Gasteiger partial charge in [-0.1, -0.05) is 80.0 Å². The molecule has 1 aliphatic heterocycles. The number of aliphatic carboxylic acids is 1. The fraction of sp³-hybridized carbons (Fsp3) is 0.737. The summed E-state index contributed by atoms with van der Waals surface area (Å²) in [5.41, 5.74) is 5.32. The number of carbonyl (C=O) groups is 7. The zero-order chi connectivity index (χ0) is 56.8. The number of rotatable bonds is 37. The van der Waals surface area contributed by atoms with Crippen LogP contribution in [0.4, 0.5) is 0 Å². The van der Waals surface area contributed by atoms with E-state index in [1.165, 1.54) is 19.1 Å². The van der Waals surface area contributed by atoms with Gasteiger partial charge in [-0.2, -0.15) is 0 Å². The minimum absolute atomic E-state index is 0.0368. The van der Waals surface area contributed by atoms with Crippen molar-refractivity contribution in [2.75, 3.05) is 81.9 Å². The molecule has 2 heterocycles. The predicted molar refractivity (Wildman–Crippen MR) is 293 cm³/mol. The second-order valence-corrected chi connectivity index (χ2v) is 21.4. The Morgan fingerprint density at radius 3 is 2.07 bits per heavy atom.